The van der Waals surface area contributed by atoms with Gasteiger partial charge in [0, 0.05) is 35.0 Å². The normalized spacial score (nSPS) is 18.1. The number of hydrogen-bond donors (Lipinski definition) is 2. The van der Waals surface area contributed by atoms with E-state index in [1.54, 1.807) is 0 Å². The molecule has 0 aliphatic carbocycles. The number of nitrogens with one attached hydrogen (secondary N) is 1. The number of halogens is 5. The van der Waals surface area contributed by atoms with Gasteiger partial charge in [0.2, 0.25) is 0 Å². The van der Waals surface area contributed by atoms with E-state index in [1.165, 1.54) is 18.2 Å². The average molecular weight is 336 g/mol. The van der Waals surface area contributed by atoms with Crippen LogP contribution in [0.25, 0.3) is 10.8 Å². The molecule has 7 heteroatoms. The van der Waals surface area contributed by atoms with Crippen molar-refractivity contribution in [2.75, 3.05) is 11.9 Å². The van der Waals surface area contributed by atoms with Gasteiger partial charge in [-0.1, -0.05) is 12.1 Å². The molecule has 0 saturated heterocycles. The molecule has 112 valence electrons. The summed E-state index contributed by atoms with van der Waals surface area (Å²) in [6.07, 6.45) is -4.53. The molecule has 0 amide bonds. The second kappa shape index (κ2) is 4.85. The van der Waals surface area contributed by atoms with Crippen LogP contribution >= 0.6 is 23.2 Å². The van der Waals surface area contributed by atoms with Gasteiger partial charge in [-0.3, -0.25) is 0 Å². The van der Waals surface area contributed by atoms with Crippen LogP contribution in [0.15, 0.2) is 24.3 Å². The SMILES string of the molecule is Oc1cc2c(c3c(C(F)(F)F)cccc13)[C@H](C(Cl)Cl)CN2. The van der Waals surface area contributed by atoms with Gasteiger partial charge in [-0.2, -0.15) is 13.2 Å². The van der Waals surface area contributed by atoms with Gasteiger partial charge in [0.05, 0.1) is 5.56 Å². The van der Waals surface area contributed by atoms with Crippen LogP contribution in [0.2, 0.25) is 0 Å². The molecule has 2 aromatic carbocycles. The Morgan fingerprint density at radius 1 is 1.29 bits per heavy atom. The monoisotopic (exact) mass is 335 g/mol. The molecule has 1 aliphatic rings. The number of anilines is 1. The van der Waals surface area contributed by atoms with Gasteiger partial charge >= 0.3 is 6.18 Å². The van der Waals surface area contributed by atoms with Crippen LogP contribution < -0.4 is 5.32 Å². The quantitative estimate of drug-likeness (QED) is 0.728. The molecule has 0 saturated carbocycles. The zero-order chi connectivity index (χ0) is 15.4. The van der Waals surface area contributed by atoms with E-state index in [1.807, 2.05) is 0 Å². The summed E-state index contributed by atoms with van der Waals surface area (Å²) in [7, 11) is 0. The molecule has 3 rings (SSSR count). The van der Waals surface area contributed by atoms with Crippen molar-refractivity contribution in [2.45, 2.75) is 16.9 Å². The molecular weight excluding hydrogens is 326 g/mol. The molecule has 2 N–H and O–H groups in total. The van der Waals surface area contributed by atoms with E-state index in [0.29, 0.717) is 17.8 Å². The second-order valence-electron chi connectivity index (χ2n) is 4.90. The molecule has 2 nitrogen and oxygen atoms in total. The minimum atomic E-state index is -4.53. The maximum atomic E-state index is 13.3. The highest BCUT2D eigenvalue weighted by Gasteiger charge is 2.38. The van der Waals surface area contributed by atoms with Crippen molar-refractivity contribution in [3.05, 3.63) is 35.4 Å². The van der Waals surface area contributed by atoms with Crippen LogP contribution in [0.3, 0.4) is 0 Å². The fourth-order valence-electron chi connectivity index (χ4n) is 2.79. The maximum absolute atomic E-state index is 13.3. The van der Waals surface area contributed by atoms with Gasteiger partial charge in [0.1, 0.15) is 10.6 Å². The molecule has 2 aromatic rings. The van der Waals surface area contributed by atoms with Gasteiger partial charge in [0.25, 0.3) is 0 Å². The summed E-state index contributed by atoms with van der Waals surface area (Å²) in [5.41, 5.74) is 0.0496. The van der Waals surface area contributed by atoms with E-state index in [2.05, 4.69) is 5.32 Å². The number of phenolic OH excluding ortho intramolecular Hbond substituents is 1. The highest BCUT2D eigenvalue weighted by Crippen LogP contribution is 2.48. The molecule has 1 atom stereocenters. The lowest BCUT2D eigenvalue weighted by Crippen LogP contribution is -2.12. The lowest BCUT2D eigenvalue weighted by atomic mass is 9.91. The molecule has 1 aliphatic heterocycles. The fourth-order valence-corrected chi connectivity index (χ4v) is 3.22. The van der Waals surface area contributed by atoms with Crippen molar-refractivity contribution in [2.24, 2.45) is 0 Å². The van der Waals surface area contributed by atoms with E-state index in [-0.39, 0.29) is 16.5 Å². The van der Waals surface area contributed by atoms with Crippen molar-refractivity contribution >= 4 is 39.7 Å². The second-order valence-corrected chi connectivity index (χ2v) is 6.07. The predicted molar refractivity (Wildman–Crippen MR) is 77.3 cm³/mol. The summed E-state index contributed by atoms with van der Waals surface area (Å²) < 4.78 is 39.8. The van der Waals surface area contributed by atoms with Gasteiger partial charge in [-0.15, -0.1) is 23.2 Å². The Balaban J connectivity index is 2.43. The summed E-state index contributed by atoms with van der Waals surface area (Å²) in [6, 6.07) is 5.13. The van der Waals surface area contributed by atoms with Crippen LogP contribution in [-0.2, 0) is 6.18 Å². The molecule has 1 heterocycles. The van der Waals surface area contributed by atoms with Crippen LogP contribution in [0, 0.1) is 0 Å². The van der Waals surface area contributed by atoms with Crippen molar-refractivity contribution in [3.63, 3.8) is 0 Å². The van der Waals surface area contributed by atoms with Crippen LogP contribution in [0.5, 0.6) is 5.75 Å². The lowest BCUT2D eigenvalue weighted by molar-refractivity contribution is -0.136. The summed E-state index contributed by atoms with van der Waals surface area (Å²) >= 11 is 11.8. The molecule has 0 bridgehead atoms. The van der Waals surface area contributed by atoms with Crippen molar-refractivity contribution in [1.82, 2.24) is 0 Å². The Hall–Kier alpha value is -1.33. The number of rotatable bonds is 1. The molecule has 0 radical (unpaired) electrons. The number of phenols is 1. The minimum Gasteiger partial charge on any atom is -0.507 e. The number of benzene rings is 2. The van der Waals surface area contributed by atoms with Crippen LogP contribution in [-0.4, -0.2) is 16.5 Å². The smallest absolute Gasteiger partial charge is 0.417 e. The molecule has 0 unspecified atom stereocenters. The first kappa shape index (κ1) is 14.6. The largest absolute Gasteiger partial charge is 0.507 e. The lowest BCUT2D eigenvalue weighted by Gasteiger charge is -2.18. The minimum absolute atomic E-state index is 0.0405. The van der Waals surface area contributed by atoms with Gasteiger partial charge in [-0.05, 0) is 11.6 Å². The maximum Gasteiger partial charge on any atom is 0.417 e. The summed E-state index contributed by atoms with van der Waals surface area (Å²) in [6.45, 7) is 0.331. The van der Waals surface area contributed by atoms with E-state index in [9.17, 15) is 18.3 Å². The predicted octanol–water partition coefficient (Wildman–Crippen LogP) is 4.88. The van der Waals surface area contributed by atoms with Crippen molar-refractivity contribution < 1.29 is 18.3 Å². The third kappa shape index (κ3) is 2.28. The molecule has 0 aromatic heterocycles. The topological polar surface area (TPSA) is 32.3 Å². The standard InChI is InChI=1S/C14H10Cl2F3NO/c15-13(16)7-5-20-9-4-10(21)6-2-1-3-8(14(17,18)19)11(6)12(7)9/h1-4,7,13,20-21H,5H2/t7-/m1/s1. The highest BCUT2D eigenvalue weighted by molar-refractivity contribution is 6.45. The van der Waals surface area contributed by atoms with E-state index in [0.717, 1.165) is 6.07 Å². The first-order chi connectivity index (χ1) is 9.80. The van der Waals surface area contributed by atoms with Gasteiger partial charge < -0.3 is 10.4 Å². The molecule has 21 heavy (non-hydrogen) atoms. The number of fused-ring (bicyclic) bond motifs is 3. The number of alkyl halides is 5. The van der Waals surface area contributed by atoms with E-state index >= 15 is 0 Å². The number of aromatic hydroxyl groups is 1. The third-order valence-corrected chi connectivity index (χ3v) is 4.28. The summed E-state index contributed by atoms with van der Waals surface area (Å²) in [4.78, 5) is -0.840. The molecular formula is C14H10Cl2F3NO. The number of hydrogen-bond acceptors (Lipinski definition) is 2. The first-order valence-electron chi connectivity index (χ1n) is 6.18. The summed E-state index contributed by atoms with van der Waals surface area (Å²) in [5, 5.41) is 13.0. The van der Waals surface area contributed by atoms with E-state index < -0.39 is 22.5 Å². The Kier molecular flexibility index (Phi) is 3.37. The van der Waals surface area contributed by atoms with Gasteiger partial charge in [0.15, 0.2) is 0 Å². The zero-order valence-corrected chi connectivity index (χ0v) is 12.0. The van der Waals surface area contributed by atoms with Crippen LogP contribution in [0.1, 0.15) is 17.0 Å². The third-order valence-electron chi connectivity index (χ3n) is 3.67. The summed E-state index contributed by atoms with van der Waals surface area (Å²) in [5.74, 6) is -0.668. The van der Waals surface area contributed by atoms with Crippen molar-refractivity contribution in [3.8, 4) is 5.75 Å². The average Bonchev–Trinajstić information content (AvgIpc) is 2.81. The Morgan fingerprint density at radius 2 is 2.00 bits per heavy atom. The Morgan fingerprint density at radius 3 is 2.62 bits per heavy atom. The van der Waals surface area contributed by atoms with Gasteiger partial charge in [-0.25, -0.2) is 0 Å². The fraction of sp³-hybridized carbons (Fsp3) is 0.286. The first-order valence-corrected chi connectivity index (χ1v) is 7.06. The highest BCUT2D eigenvalue weighted by atomic mass is 35.5. The Labute approximate surface area is 128 Å². The zero-order valence-electron chi connectivity index (χ0n) is 10.5. The van der Waals surface area contributed by atoms with Crippen molar-refractivity contribution in [1.29, 1.82) is 0 Å². The van der Waals surface area contributed by atoms with E-state index in [4.69, 9.17) is 23.2 Å². The Bertz CT molecular complexity index is 715. The molecule has 0 spiro atoms. The van der Waals surface area contributed by atoms with Crippen LogP contribution in [0.4, 0.5) is 18.9 Å². The molecule has 0 fully saturated rings.